The Morgan fingerprint density at radius 3 is 1.64 bits per heavy atom. The number of halogens is 4. The predicted octanol–water partition coefficient (Wildman–Crippen LogP) is -3.55. The molecule has 0 amide bonds. The van der Waals surface area contributed by atoms with Gasteiger partial charge in [0.2, 0.25) is 0 Å². The number of ether oxygens (including phenoxy) is 2. The van der Waals surface area contributed by atoms with Crippen molar-refractivity contribution in [2.24, 2.45) is 0 Å². The molecular weight excluding hydrogens is 786 g/mol. The maximum atomic E-state index is 13.2. The summed E-state index contributed by atoms with van der Waals surface area (Å²) in [5.74, 6) is -10.0. The number of benzene rings is 1. The SMILES string of the molecule is COCC(C(=O)O)N1CCN(CC(=O)[O-])CCN(C(Cc2ccc(OCC(F)(F)C(F)F)cc2)C(=O)[O-])CCN(CC(=O)[O-])CC1.[Gd+3]. The Hall–Kier alpha value is -2.26. The van der Waals surface area contributed by atoms with Crippen LogP contribution in [0.25, 0.3) is 0 Å². The van der Waals surface area contributed by atoms with Crippen LogP contribution in [0.4, 0.5) is 17.6 Å². The van der Waals surface area contributed by atoms with E-state index in [-0.39, 0.29) is 111 Å². The van der Waals surface area contributed by atoms with Gasteiger partial charge in [-0.25, -0.2) is 8.78 Å². The third-order valence-electron chi connectivity index (χ3n) is 7.39. The van der Waals surface area contributed by atoms with E-state index < -0.39 is 68.0 Å². The molecule has 1 aliphatic rings. The zero-order chi connectivity index (χ0) is 34.4. The molecule has 0 saturated carbocycles. The Balaban J connectivity index is 0.0000110. The number of rotatable bonds is 16. The number of nitrogens with zero attached hydrogens (tertiary/aromatic N) is 4. The quantitative estimate of drug-likeness (QED) is 0.162. The van der Waals surface area contributed by atoms with Gasteiger partial charge < -0.3 is 44.3 Å². The van der Waals surface area contributed by atoms with Crippen LogP contribution in [0, 0.1) is 39.9 Å². The summed E-state index contributed by atoms with van der Waals surface area (Å²) in [4.78, 5) is 53.2. The average Bonchev–Trinajstić information content (AvgIpc) is 2.96. The zero-order valence-corrected chi connectivity index (χ0v) is 27.8. The third-order valence-corrected chi connectivity index (χ3v) is 7.39. The van der Waals surface area contributed by atoms with E-state index in [0.29, 0.717) is 5.56 Å². The summed E-state index contributed by atoms with van der Waals surface area (Å²) in [6.45, 7) is -2.72. The normalized spacial score (nSPS) is 17.9. The number of alkyl halides is 4. The number of carboxylic acids is 4. The van der Waals surface area contributed by atoms with Crippen molar-refractivity contribution in [3.8, 4) is 5.75 Å². The number of methoxy groups -OCH3 is 1. The van der Waals surface area contributed by atoms with Gasteiger partial charge in [-0.15, -0.1) is 0 Å². The van der Waals surface area contributed by atoms with Crippen LogP contribution in [-0.2, 0) is 30.3 Å². The topological polar surface area (TPSA) is 189 Å². The number of carbonyl (C=O) groups is 4. The first-order valence-electron chi connectivity index (χ1n) is 14.3. The van der Waals surface area contributed by atoms with Crippen LogP contribution in [0.1, 0.15) is 5.56 Å². The standard InChI is InChI=1S/C28H40F4N4O10.Gd/c1-45-17-22(26(43)44)36-12-8-33(15-23(37)38)6-10-35(11-7-34(9-13-36)16-24(39)40)21(25(41)42)14-19-2-4-20(5-3-19)46-18-28(31,32)27(29)30;/h2-5,21-22,27H,6-18H2,1H3,(H,37,38)(H,39,40)(H,41,42)(H,43,44);/q;+3/p-3. The van der Waals surface area contributed by atoms with Crippen molar-refractivity contribution in [3.05, 3.63) is 29.8 Å². The van der Waals surface area contributed by atoms with Crippen molar-refractivity contribution in [1.82, 2.24) is 19.6 Å². The summed E-state index contributed by atoms with van der Waals surface area (Å²) in [5.41, 5.74) is 0.389. The minimum Gasteiger partial charge on any atom is -0.549 e. The summed E-state index contributed by atoms with van der Waals surface area (Å²) in [5, 5.41) is 45.1. The van der Waals surface area contributed by atoms with E-state index in [9.17, 15) is 57.2 Å². The molecule has 1 N–H and O–H groups in total. The number of hydrogen-bond acceptors (Lipinski definition) is 13. The molecule has 1 aromatic rings. The first-order valence-corrected chi connectivity index (χ1v) is 14.3. The molecule has 14 nitrogen and oxygen atoms in total. The summed E-state index contributed by atoms with van der Waals surface area (Å²) < 4.78 is 61.0. The second-order valence-corrected chi connectivity index (χ2v) is 10.7. The smallest absolute Gasteiger partial charge is 0.549 e. The van der Waals surface area contributed by atoms with Gasteiger partial charge in [0, 0.05) is 72.6 Å². The fourth-order valence-electron chi connectivity index (χ4n) is 4.87. The van der Waals surface area contributed by atoms with Gasteiger partial charge in [-0.2, -0.15) is 8.78 Å². The molecule has 2 unspecified atom stereocenters. The van der Waals surface area contributed by atoms with E-state index in [0.717, 1.165) is 0 Å². The molecule has 2 atom stereocenters. The number of aliphatic carboxylic acids is 4. The van der Waals surface area contributed by atoms with Crippen molar-refractivity contribution >= 4 is 23.9 Å². The third kappa shape index (κ3) is 15.2. The molecule has 2 rings (SSSR count). The first kappa shape index (κ1) is 42.8. The molecule has 0 aromatic heterocycles. The Bertz CT molecular complexity index is 1120. The van der Waals surface area contributed by atoms with Gasteiger partial charge in [0.15, 0.2) is 6.61 Å². The van der Waals surface area contributed by atoms with Gasteiger partial charge >= 0.3 is 58.3 Å². The van der Waals surface area contributed by atoms with Crippen molar-refractivity contribution < 1.29 is 107 Å². The van der Waals surface area contributed by atoms with Crippen molar-refractivity contribution in [2.45, 2.75) is 30.9 Å². The van der Waals surface area contributed by atoms with Gasteiger partial charge in [0.1, 0.15) is 11.8 Å². The van der Waals surface area contributed by atoms with E-state index >= 15 is 0 Å². The zero-order valence-electron chi connectivity index (χ0n) is 25.5. The van der Waals surface area contributed by atoms with Crippen molar-refractivity contribution in [3.63, 3.8) is 0 Å². The molecule has 1 aromatic carbocycles. The number of carbonyl (C=O) groups excluding carboxylic acids is 3. The largest absolute Gasteiger partial charge is 3.00 e. The van der Waals surface area contributed by atoms with Gasteiger partial charge in [-0.05, 0) is 24.1 Å². The van der Waals surface area contributed by atoms with Crippen molar-refractivity contribution in [1.29, 1.82) is 0 Å². The molecule has 1 fully saturated rings. The number of carboxylic acid groups (broad SMARTS) is 4. The maximum Gasteiger partial charge on any atom is 3.00 e. The second-order valence-electron chi connectivity index (χ2n) is 10.7. The Morgan fingerprint density at radius 2 is 1.28 bits per heavy atom. The Morgan fingerprint density at radius 1 is 0.830 bits per heavy atom. The molecule has 0 spiro atoms. The molecule has 1 radical (unpaired) electrons. The summed E-state index contributed by atoms with van der Waals surface area (Å²) in [7, 11) is 1.32. The predicted molar refractivity (Wildman–Crippen MR) is 145 cm³/mol. The summed E-state index contributed by atoms with van der Waals surface area (Å²) in [6, 6.07) is 2.72. The van der Waals surface area contributed by atoms with E-state index in [4.69, 9.17) is 9.47 Å². The van der Waals surface area contributed by atoms with Crippen LogP contribution in [-0.4, -0.2) is 159 Å². The fourth-order valence-corrected chi connectivity index (χ4v) is 4.87. The van der Waals surface area contributed by atoms with Crippen LogP contribution in [0.2, 0.25) is 0 Å². The average molecular weight is 823 g/mol. The van der Waals surface area contributed by atoms with Gasteiger partial charge in [-0.3, -0.25) is 24.4 Å². The molecule has 0 aliphatic carbocycles. The van der Waals surface area contributed by atoms with Gasteiger partial charge in [-0.1, -0.05) is 12.1 Å². The Kier molecular flexibility index (Phi) is 19.1. The van der Waals surface area contributed by atoms with Crippen LogP contribution in [0.5, 0.6) is 5.75 Å². The van der Waals surface area contributed by atoms with E-state index in [1.165, 1.54) is 51.0 Å². The number of hydrogen-bond donors (Lipinski definition) is 1. The van der Waals surface area contributed by atoms with Crippen molar-refractivity contribution in [2.75, 3.05) is 85.8 Å². The summed E-state index contributed by atoms with van der Waals surface area (Å²) >= 11 is 0. The second kappa shape index (κ2) is 21.0. The molecule has 1 aliphatic heterocycles. The van der Waals surface area contributed by atoms with Crippen LogP contribution in [0.15, 0.2) is 24.3 Å². The van der Waals surface area contributed by atoms with Crippen LogP contribution < -0.4 is 20.1 Å². The fraction of sp³-hybridized carbons (Fsp3) is 0.643. The van der Waals surface area contributed by atoms with E-state index in [2.05, 4.69) is 0 Å². The molecule has 1 saturated heterocycles. The molecule has 0 bridgehead atoms. The van der Waals surface area contributed by atoms with Crippen LogP contribution in [0.3, 0.4) is 0 Å². The summed E-state index contributed by atoms with van der Waals surface area (Å²) in [6.07, 6.45) is -4.10. The first-order chi connectivity index (χ1) is 21.6. The minimum absolute atomic E-state index is 0. The molecule has 265 valence electrons. The molecule has 19 heteroatoms. The molecule has 47 heavy (non-hydrogen) atoms. The molecule has 1 heterocycles. The van der Waals surface area contributed by atoms with E-state index in [1.807, 2.05) is 0 Å². The minimum atomic E-state index is -4.37. The van der Waals surface area contributed by atoms with E-state index in [1.54, 1.807) is 0 Å². The maximum absolute atomic E-state index is 13.2. The molecular formula is C28H37F4GdN4O10. The van der Waals surface area contributed by atoms with Crippen LogP contribution >= 0.6 is 0 Å². The van der Waals surface area contributed by atoms with Gasteiger partial charge in [0.05, 0.1) is 30.6 Å². The monoisotopic (exact) mass is 823 g/mol. The van der Waals surface area contributed by atoms with Gasteiger partial charge in [0.25, 0.3) is 0 Å². The Labute approximate surface area is 300 Å².